The Morgan fingerprint density at radius 1 is 1.27 bits per heavy atom. The molecule has 0 radical (unpaired) electrons. The van der Waals surface area contributed by atoms with Crippen molar-refractivity contribution in [2.24, 2.45) is 5.73 Å². The van der Waals surface area contributed by atoms with Gasteiger partial charge in [-0.3, -0.25) is 4.79 Å². The Labute approximate surface area is 157 Å². The molecule has 0 saturated heterocycles. The summed E-state index contributed by atoms with van der Waals surface area (Å²) in [6, 6.07) is 7.23. The molecule has 5 nitrogen and oxygen atoms in total. The molecule has 0 unspecified atom stereocenters. The molecule has 6 heteroatoms. The highest BCUT2D eigenvalue weighted by Gasteiger charge is 2.25. The van der Waals surface area contributed by atoms with Crippen molar-refractivity contribution in [1.82, 2.24) is 9.55 Å². The average molecular weight is 369 g/mol. The monoisotopic (exact) mass is 369 g/mol. The van der Waals surface area contributed by atoms with E-state index in [2.05, 4.69) is 16.5 Å². The molecule has 1 aromatic carbocycles. The third kappa shape index (κ3) is 3.51. The first kappa shape index (κ1) is 18.2. The zero-order chi connectivity index (χ0) is 18.7. The summed E-state index contributed by atoms with van der Waals surface area (Å²) < 4.78 is 2.20. The fourth-order valence-electron chi connectivity index (χ4n) is 3.38. The third-order valence-electron chi connectivity index (χ3n) is 4.57. The molecule has 0 atom stereocenters. The van der Waals surface area contributed by atoms with Gasteiger partial charge in [-0.2, -0.15) is 0 Å². The number of rotatable bonds is 7. The lowest BCUT2D eigenvalue weighted by molar-refractivity contribution is 0.1000. The molecule has 3 rings (SSSR count). The van der Waals surface area contributed by atoms with Gasteiger partial charge in [0.1, 0.15) is 10.8 Å². The zero-order valence-electron chi connectivity index (χ0n) is 15.0. The minimum absolute atomic E-state index is 0.264. The number of carbonyl (C=O) groups excluding carboxylic acids is 1. The van der Waals surface area contributed by atoms with Crippen LogP contribution in [-0.2, 0) is 19.4 Å². The normalized spacial score (nSPS) is 11.0. The number of nitrogens with two attached hydrogens (primary N) is 1. The summed E-state index contributed by atoms with van der Waals surface area (Å²) in [5, 5.41) is 12.2. The van der Waals surface area contributed by atoms with Gasteiger partial charge in [-0.1, -0.05) is 25.5 Å². The van der Waals surface area contributed by atoms with Gasteiger partial charge in [-0.15, -0.1) is 11.3 Å². The number of thiazole rings is 1. The molecule has 3 aromatic rings. The molecular weight excluding hydrogens is 346 g/mol. The topological polar surface area (TPSA) is 81.1 Å². The molecule has 3 N–H and O–H groups in total. The van der Waals surface area contributed by atoms with Gasteiger partial charge in [0.05, 0.1) is 5.56 Å². The molecule has 0 aliphatic carbocycles. The van der Waals surface area contributed by atoms with E-state index in [-0.39, 0.29) is 5.75 Å². The summed E-state index contributed by atoms with van der Waals surface area (Å²) in [5.41, 5.74) is 10.3. The summed E-state index contributed by atoms with van der Waals surface area (Å²) in [4.78, 5) is 16.6. The first-order valence-electron chi connectivity index (χ1n) is 8.72. The smallest absolute Gasteiger partial charge is 0.251 e. The first-order valence-corrected chi connectivity index (χ1v) is 9.60. The lowest BCUT2D eigenvalue weighted by Gasteiger charge is -2.12. The number of amides is 1. The summed E-state index contributed by atoms with van der Waals surface area (Å²) in [6.07, 6.45) is 4.39. The van der Waals surface area contributed by atoms with E-state index in [1.54, 1.807) is 18.3 Å². The molecule has 136 valence electrons. The van der Waals surface area contributed by atoms with Crippen molar-refractivity contribution < 1.29 is 9.90 Å². The number of phenolic OH excluding ortho intramolecular Hbond substituents is 1. The second kappa shape index (κ2) is 7.74. The van der Waals surface area contributed by atoms with Gasteiger partial charge in [0, 0.05) is 35.1 Å². The second-order valence-corrected chi connectivity index (χ2v) is 7.20. The van der Waals surface area contributed by atoms with Crippen LogP contribution in [0.25, 0.3) is 10.6 Å². The number of nitrogens with zero attached hydrogens (tertiary/aromatic N) is 2. The maximum absolute atomic E-state index is 12.2. The zero-order valence-corrected chi connectivity index (χ0v) is 15.8. The Hall–Kier alpha value is -2.60. The number of phenols is 1. The van der Waals surface area contributed by atoms with Gasteiger partial charge in [0.2, 0.25) is 0 Å². The minimum Gasteiger partial charge on any atom is -0.508 e. The Balaban J connectivity index is 2.04. The van der Waals surface area contributed by atoms with Crippen LogP contribution < -0.4 is 5.73 Å². The number of aromatic nitrogens is 2. The van der Waals surface area contributed by atoms with Gasteiger partial charge in [0.15, 0.2) is 0 Å². The molecule has 0 bridgehead atoms. The van der Waals surface area contributed by atoms with Gasteiger partial charge in [-0.25, -0.2) is 4.98 Å². The molecule has 0 fully saturated rings. The van der Waals surface area contributed by atoms with Crippen LogP contribution in [0.4, 0.5) is 0 Å². The number of aromatic hydroxyl groups is 1. The van der Waals surface area contributed by atoms with Crippen LogP contribution in [0, 0.1) is 6.92 Å². The number of aryl methyl sites for hydroxylation is 1. The van der Waals surface area contributed by atoms with E-state index in [1.165, 1.54) is 11.3 Å². The Kier molecular flexibility index (Phi) is 5.42. The Morgan fingerprint density at radius 3 is 2.58 bits per heavy atom. The first-order chi connectivity index (χ1) is 12.5. The fraction of sp³-hybridized carbons (Fsp3) is 0.300. The van der Waals surface area contributed by atoms with E-state index in [4.69, 9.17) is 5.73 Å². The molecule has 2 heterocycles. The fourth-order valence-corrected chi connectivity index (χ4v) is 4.09. The van der Waals surface area contributed by atoms with Gasteiger partial charge in [-0.05, 0) is 37.5 Å². The Morgan fingerprint density at radius 2 is 2.00 bits per heavy atom. The van der Waals surface area contributed by atoms with E-state index in [0.29, 0.717) is 5.56 Å². The maximum Gasteiger partial charge on any atom is 0.251 e. The van der Waals surface area contributed by atoms with Crippen molar-refractivity contribution in [1.29, 1.82) is 0 Å². The highest BCUT2D eigenvalue weighted by atomic mass is 32.1. The predicted molar refractivity (Wildman–Crippen MR) is 105 cm³/mol. The van der Waals surface area contributed by atoms with E-state index in [0.717, 1.165) is 53.3 Å². The van der Waals surface area contributed by atoms with Crippen LogP contribution in [0.1, 0.15) is 40.7 Å². The number of hydrogen-bond donors (Lipinski definition) is 2. The van der Waals surface area contributed by atoms with Gasteiger partial charge >= 0.3 is 0 Å². The predicted octanol–water partition coefficient (Wildman–Crippen LogP) is 3.92. The number of primary amides is 1. The lowest BCUT2D eigenvalue weighted by atomic mass is 10.1. The maximum atomic E-state index is 12.2. The molecule has 0 aliphatic heterocycles. The number of hydrogen-bond acceptors (Lipinski definition) is 4. The van der Waals surface area contributed by atoms with Crippen LogP contribution in [0.5, 0.6) is 5.75 Å². The van der Waals surface area contributed by atoms with Crippen LogP contribution in [0.2, 0.25) is 0 Å². The average Bonchev–Trinajstić information content (AvgIpc) is 3.22. The molecule has 2 aromatic heterocycles. The third-order valence-corrected chi connectivity index (χ3v) is 5.36. The van der Waals surface area contributed by atoms with Crippen LogP contribution >= 0.6 is 11.3 Å². The van der Waals surface area contributed by atoms with Crippen LogP contribution in [0.15, 0.2) is 35.8 Å². The van der Waals surface area contributed by atoms with Crippen molar-refractivity contribution in [2.45, 2.75) is 39.7 Å². The van der Waals surface area contributed by atoms with Crippen LogP contribution in [-0.4, -0.2) is 20.6 Å². The van der Waals surface area contributed by atoms with Gasteiger partial charge < -0.3 is 15.4 Å². The molecule has 0 aliphatic rings. The summed E-state index contributed by atoms with van der Waals surface area (Å²) in [5.74, 6) is -0.145. The number of carbonyl (C=O) groups is 1. The standard InChI is InChI=1S/C20H23N3O2S/c1-3-4-16-18(20-22-10-12-26-20)17(19(21)25)13(2)23(16)11-9-14-5-7-15(24)8-6-14/h5-8,10,12,24H,3-4,9,11H2,1-2H3,(H2,21,25). The quantitative estimate of drug-likeness (QED) is 0.662. The summed E-state index contributed by atoms with van der Waals surface area (Å²) >= 11 is 1.53. The summed E-state index contributed by atoms with van der Waals surface area (Å²) in [7, 11) is 0. The van der Waals surface area contributed by atoms with Crippen molar-refractivity contribution in [3.63, 3.8) is 0 Å². The molecule has 26 heavy (non-hydrogen) atoms. The van der Waals surface area contributed by atoms with Crippen molar-refractivity contribution >= 4 is 17.2 Å². The second-order valence-electron chi connectivity index (χ2n) is 6.30. The van der Waals surface area contributed by atoms with E-state index >= 15 is 0 Å². The SMILES string of the molecule is CCCc1c(-c2nccs2)c(C(N)=O)c(C)n1CCc1ccc(O)cc1. The highest BCUT2D eigenvalue weighted by Crippen LogP contribution is 2.35. The van der Waals surface area contributed by atoms with Crippen molar-refractivity contribution in [3.8, 4) is 16.3 Å². The largest absolute Gasteiger partial charge is 0.508 e. The van der Waals surface area contributed by atoms with E-state index in [1.807, 2.05) is 24.4 Å². The molecule has 0 saturated carbocycles. The van der Waals surface area contributed by atoms with Crippen LogP contribution in [0.3, 0.4) is 0 Å². The summed E-state index contributed by atoms with van der Waals surface area (Å²) in [6.45, 7) is 4.83. The minimum atomic E-state index is -0.409. The Bertz CT molecular complexity index is 896. The highest BCUT2D eigenvalue weighted by molar-refractivity contribution is 7.13. The molecule has 0 spiro atoms. The molecule has 1 amide bonds. The molecular formula is C20H23N3O2S. The number of benzene rings is 1. The van der Waals surface area contributed by atoms with E-state index < -0.39 is 5.91 Å². The van der Waals surface area contributed by atoms with Crippen molar-refractivity contribution in [2.75, 3.05) is 0 Å². The van der Waals surface area contributed by atoms with Crippen molar-refractivity contribution in [3.05, 3.63) is 58.4 Å². The van der Waals surface area contributed by atoms with Gasteiger partial charge in [0.25, 0.3) is 5.91 Å². The van der Waals surface area contributed by atoms with E-state index in [9.17, 15) is 9.90 Å². The lowest BCUT2D eigenvalue weighted by Crippen LogP contribution is -2.13.